The van der Waals surface area contributed by atoms with Gasteiger partial charge in [0.05, 0.1) is 5.56 Å². The summed E-state index contributed by atoms with van der Waals surface area (Å²) >= 11 is 0. The Balaban J connectivity index is 2.47. The molecule has 0 atom stereocenters. The van der Waals surface area contributed by atoms with Crippen LogP contribution in [-0.4, -0.2) is 17.3 Å². The molecule has 0 unspecified atom stereocenters. The summed E-state index contributed by atoms with van der Waals surface area (Å²) in [4.78, 5) is 14.9. The molecule has 2 aromatic rings. The Morgan fingerprint density at radius 3 is 2.55 bits per heavy atom. The number of nitrogens with zero attached hydrogens (tertiary/aromatic N) is 1. The second-order valence-electron chi connectivity index (χ2n) is 3.87. The fourth-order valence-corrected chi connectivity index (χ4v) is 1.64. The van der Waals surface area contributed by atoms with Crippen molar-refractivity contribution in [3.63, 3.8) is 0 Å². The Morgan fingerprint density at radius 1 is 1.20 bits per heavy atom. The Bertz CT molecular complexity index is 642. The number of ether oxygens (including phenoxy) is 1. The van der Waals surface area contributed by atoms with E-state index in [-0.39, 0.29) is 16.9 Å². The quantitative estimate of drug-likeness (QED) is 0.941. The van der Waals surface area contributed by atoms with Gasteiger partial charge in [0.15, 0.2) is 0 Å². The highest BCUT2D eigenvalue weighted by Gasteiger charge is 2.32. The molecular weight excluding hydrogens is 273 g/mol. The zero-order valence-corrected chi connectivity index (χ0v) is 10.0. The van der Waals surface area contributed by atoms with Crippen molar-refractivity contribution in [2.45, 2.75) is 6.36 Å². The highest BCUT2D eigenvalue weighted by molar-refractivity contribution is 5.93. The first kappa shape index (κ1) is 13.9. The number of pyridine rings is 1. The first-order chi connectivity index (χ1) is 9.37. The van der Waals surface area contributed by atoms with E-state index in [1.807, 2.05) is 0 Å². The number of hydrogen-bond acceptors (Lipinski definition) is 3. The molecule has 0 aliphatic rings. The third-order valence-corrected chi connectivity index (χ3v) is 2.45. The highest BCUT2D eigenvalue weighted by Crippen LogP contribution is 2.33. The van der Waals surface area contributed by atoms with Gasteiger partial charge in [-0.25, -0.2) is 0 Å². The van der Waals surface area contributed by atoms with Crippen LogP contribution >= 0.6 is 0 Å². The van der Waals surface area contributed by atoms with Gasteiger partial charge in [-0.1, -0.05) is 18.2 Å². The highest BCUT2D eigenvalue weighted by atomic mass is 19.4. The first-order valence-electron chi connectivity index (χ1n) is 5.47. The fourth-order valence-electron chi connectivity index (χ4n) is 1.64. The lowest BCUT2D eigenvalue weighted by Gasteiger charge is -2.13. The van der Waals surface area contributed by atoms with Crippen LogP contribution < -0.4 is 10.5 Å². The van der Waals surface area contributed by atoms with Crippen molar-refractivity contribution in [3.8, 4) is 16.9 Å². The Kier molecular flexibility index (Phi) is 3.60. The molecule has 0 bridgehead atoms. The first-order valence-corrected chi connectivity index (χ1v) is 5.47. The molecule has 1 amide bonds. The third-order valence-electron chi connectivity index (χ3n) is 2.45. The monoisotopic (exact) mass is 282 g/mol. The predicted molar refractivity (Wildman–Crippen MR) is 64.9 cm³/mol. The molecule has 1 aromatic carbocycles. The number of alkyl halides is 3. The maximum absolute atomic E-state index is 12.3. The third kappa shape index (κ3) is 3.25. The molecule has 1 aromatic heterocycles. The van der Waals surface area contributed by atoms with Crippen molar-refractivity contribution in [1.29, 1.82) is 0 Å². The summed E-state index contributed by atoms with van der Waals surface area (Å²) in [6, 6.07) is 6.93. The number of carbonyl (C=O) groups is 1. The van der Waals surface area contributed by atoms with Gasteiger partial charge in [-0.15, -0.1) is 13.2 Å². The molecule has 20 heavy (non-hydrogen) atoms. The van der Waals surface area contributed by atoms with E-state index in [2.05, 4.69) is 9.72 Å². The van der Waals surface area contributed by atoms with Crippen LogP contribution in [-0.2, 0) is 0 Å². The number of primary amides is 1. The molecular formula is C13H9F3N2O2. The molecule has 0 fully saturated rings. The van der Waals surface area contributed by atoms with Gasteiger partial charge in [0.2, 0.25) is 5.91 Å². The van der Waals surface area contributed by atoms with Crippen LogP contribution in [0, 0.1) is 0 Å². The van der Waals surface area contributed by atoms with E-state index in [4.69, 9.17) is 5.73 Å². The number of para-hydroxylation sites is 1. The zero-order valence-electron chi connectivity index (χ0n) is 10.0. The molecule has 1 heterocycles. The van der Waals surface area contributed by atoms with Gasteiger partial charge in [0.1, 0.15) is 5.75 Å². The SMILES string of the molecule is NC(=O)c1cncc(-c2ccccc2OC(F)(F)F)c1. The minimum absolute atomic E-state index is 0.101. The number of amides is 1. The number of nitrogens with two attached hydrogens (primary N) is 1. The van der Waals surface area contributed by atoms with E-state index < -0.39 is 12.3 Å². The van der Waals surface area contributed by atoms with Gasteiger partial charge in [-0.3, -0.25) is 9.78 Å². The molecule has 2 N–H and O–H groups in total. The van der Waals surface area contributed by atoms with E-state index in [1.165, 1.54) is 36.7 Å². The molecule has 0 spiro atoms. The van der Waals surface area contributed by atoms with Gasteiger partial charge in [-0.2, -0.15) is 0 Å². The lowest BCUT2D eigenvalue weighted by atomic mass is 10.0. The largest absolute Gasteiger partial charge is 0.573 e. The lowest BCUT2D eigenvalue weighted by Crippen LogP contribution is -2.17. The van der Waals surface area contributed by atoms with Gasteiger partial charge in [-0.05, 0) is 12.1 Å². The minimum atomic E-state index is -4.80. The van der Waals surface area contributed by atoms with Crippen molar-refractivity contribution in [3.05, 3.63) is 48.3 Å². The minimum Gasteiger partial charge on any atom is -0.405 e. The maximum atomic E-state index is 12.3. The van der Waals surface area contributed by atoms with E-state index in [0.29, 0.717) is 5.56 Å². The van der Waals surface area contributed by atoms with Crippen LogP contribution in [0.3, 0.4) is 0 Å². The number of aromatic nitrogens is 1. The summed E-state index contributed by atoms with van der Waals surface area (Å²) in [6.07, 6.45) is -2.24. The summed E-state index contributed by atoms with van der Waals surface area (Å²) in [7, 11) is 0. The van der Waals surface area contributed by atoms with Crippen LogP contribution in [0.25, 0.3) is 11.1 Å². The topological polar surface area (TPSA) is 65.2 Å². The molecule has 7 heteroatoms. The van der Waals surface area contributed by atoms with E-state index in [1.54, 1.807) is 6.07 Å². The number of halogens is 3. The Labute approximate surface area is 112 Å². The van der Waals surface area contributed by atoms with E-state index in [9.17, 15) is 18.0 Å². The zero-order chi connectivity index (χ0) is 14.8. The summed E-state index contributed by atoms with van der Waals surface area (Å²) in [5, 5.41) is 0. The van der Waals surface area contributed by atoms with Crippen molar-refractivity contribution >= 4 is 5.91 Å². The summed E-state index contributed by atoms with van der Waals surface area (Å²) in [5.41, 5.74) is 5.69. The van der Waals surface area contributed by atoms with E-state index in [0.717, 1.165) is 0 Å². The standard InChI is InChI=1S/C13H9F3N2O2/c14-13(15,16)20-11-4-2-1-3-10(11)8-5-9(12(17)19)7-18-6-8/h1-7H,(H2,17,19). The molecule has 0 aliphatic heterocycles. The van der Waals surface area contributed by atoms with Crippen molar-refractivity contribution < 1.29 is 22.7 Å². The van der Waals surface area contributed by atoms with Crippen molar-refractivity contribution in [2.75, 3.05) is 0 Å². The maximum Gasteiger partial charge on any atom is 0.573 e. The van der Waals surface area contributed by atoms with Crippen molar-refractivity contribution in [1.82, 2.24) is 4.98 Å². The van der Waals surface area contributed by atoms with Crippen LogP contribution in [0.2, 0.25) is 0 Å². The van der Waals surface area contributed by atoms with Crippen LogP contribution in [0.5, 0.6) is 5.75 Å². The van der Waals surface area contributed by atoms with Crippen LogP contribution in [0.1, 0.15) is 10.4 Å². The van der Waals surface area contributed by atoms with Gasteiger partial charge < -0.3 is 10.5 Å². The summed E-state index contributed by atoms with van der Waals surface area (Å²) in [6.45, 7) is 0. The van der Waals surface area contributed by atoms with Gasteiger partial charge in [0, 0.05) is 23.5 Å². The molecule has 0 aliphatic carbocycles. The average Bonchev–Trinajstić information content (AvgIpc) is 2.37. The second-order valence-corrected chi connectivity index (χ2v) is 3.87. The molecule has 2 rings (SSSR count). The Morgan fingerprint density at radius 2 is 1.90 bits per heavy atom. The summed E-state index contributed by atoms with van der Waals surface area (Å²) in [5.74, 6) is -1.09. The molecule has 104 valence electrons. The molecule has 0 radical (unpaired) electrons. The second kappa shape index (κ2) is 5.20. The number of hydrogen-bond donors (Lipinski definition) is 1. The van der Waals surface area contributed by atoms with Crippen molar-refractivity contribution in [2.24, 2.45) is 5.73 Å². The Hall–Kier alpha value is -2.57. The van der Waals surface area contributed by atoms with Gasteiger partial charge in [0.25, 0.3) is 0 Å². The molecule has 4 nitrogen and oxygen atoms in total. The molecule has 0 saturated heterocycles. The van der Waals surface area contributed by atoms with Gasteiger partial charge >= 0.3 is 6.36 Å². The normalized spacial score (nSPS) is 11.2. The predicted octanol–water partition coefficient (Wildman–Crippen LogP) is 2.75. The number of carbonyl (C=O) groups excluding carboxylic acids is 1. The number of rotatable bonds is 3. The smallest absolute Gasteiger partial charge is 0.405 e. The van der Waals surface area contributed by atoms with E-state index >= 15 is 0 Å². The van der Waals surface area contributed by atoms with Crippen LogP contribution in [0.4, 0.5) is 13.2 Å². The van der Waals surface area contributed by atoms with Crippen LogP contribution in [0.15, 0.2) is 42.7 Å². The summed E-state index contributed by atoms with van der Waals surface area (Å²) < 4.78 is 40.9. The average molecular weight is 282 g/mol. The fraction of sp³-hybridized carbons (Fsp3) is 0.0769. The lowest BCUT2D eigenvalue weighted by molar-refractivity contribution is -0.274. The number of benzene rings is 1. The molecule has 0 saturated carbocycles.